The predicted octanol–water partition coefficient (Wildman–Crippen LogP) is 7.16. The molecule has 0 bridgehead atoms. The van der Waals surface area contributed by atoms with Gasteiger partial charge in [-0.25, -0.2) is 19.6 Å². The van der Waals surface area contributed by atoms with Crippen LogP contribution in [-0.2, 0) is 9.47 Å². The molecule has 198 valence electrons. The summed E-state index contributed by atoms with van der Waals surface area (Å²) in [5.74, 6) is 0.0588. The lowest BCUT2D eigenvalue weighted by molar-refractivity contribution is 0.0592. The maximum absolute atomic E-state index is 11.9. The molecule has 0 N–H and O–H groups in total. The van der Waals surface area contributed by atoms with E-state index in [0.29, 0.717) is 45.1 Å². The van der Waals surface area contributed by atoms with Crippen molar-refractivity contribution in [1.82, 2.24) is 9.97 Å². The minimum Gasteiger partial charge on any atom is -0.465 e. The van der Waals surface area contributed by atoms with Crippen LogP contribution >= 0.6 is 0 Å². The van der Waals surface area contributed by atoms with Crippen LogP contribution in [0.4, 0.5) is 0 Å². The number of hydrogen-bond donors (Lipinski definition) is 0. The zero-order chi connectivity index (χ0) is 28.0. The van der Waals surface area contributed by atoms with E-state index in [2.05, 4.69) is 22.1 Å². The van der Waals surface area contributed by atoms with Gasteiger partial charge in [0.25, 0.3) is 0 Å². The highest BCUT2D eigenvalue weighted by atomic mass is 16.5. The first kappa shape index (κ1) is 25.1. The summed E-state index contributed by atoms with van der Waals surface area (Å²) in [5, 5.41) is 0. The summed E-state index contributed by atoms with van der Waals surface area (Å²) in [6.07, 6.45) is 0. The zero-order valence-corrected chi connectivity index (χ0v) is 22.3. The van der Waals surface area contributed by atoms with Crippen molar-refractivity contribution in [2.75, 3.05) is 14.2 Å². The molecule has 0 saturated heterocycles. The number of ether oxygens (including phenoxy) is 2. The maximum Gasteiger partial charge on any atom is 0.337 e. The summed E-state index contributed by atoms with van der Waals surface area (Å²) in [7, 11) is 2.69. The third-order valence-electron chi connectivity index (χ3n) is 7.04. The molecule has 2 aromatic heterocycles. The van der Waals surface area contributed by atoms with E-state index in [0.717, 1.165) is 33.4 Å². The molecule has 0 saturated carbocycles. The van der Waals surface area contributed by atoms with Crippen LogP contribution in [0.1, 0.15) is 31.8 Å². The number of carbonyl (C=O) groups excluding carboxylic acids is 2. The molecule has 0 aliphatic carbocycles. The topological polar surface area (TPSA) is 105 Å². The normalized spacial score (nSPS) is 11.2. The Hall–Kier alpha value is -5.24. The molecule has 8 nitrogen and oxygen atoms in total. The van der Waals surface area contributed by atoms with Crippen LogP contribution in [0, 0.1) is 13.8 Å². The van der Waals surface area contributed by atoms with E-state index in [9.17, 15) is 9.59 Å². The molecule has 0 aliphatic heterocycles. The number of fused-ring (bicyclic) bond motifs is 2. The van der Waals surface area contributed by atoms with Crippen molar-refractivity contribution in [2.24, 2.45) is 0 Å². The van der Waals surface area contributed by atoms with Crippen LogP contribution < -0.4 is 0 Å². The summed E-state index contributed by atoms with van der Waals surface area (Å²) in [4.78, 5) is 33.2. The zero-order valence-electron chi connectivity index (χ0n) is 22.3. The molecule has 0 unspecified atom stereocenters. The number of benzene rings is 4. The third kappa shape index (κ3) is 4.19. The van der Waals surface area contributed by atoms with Gasteiger partial charge in [-0.2, -0.15) is 0 Å². The molecule has 8 heteroatoms. The quantitative estimate of drug-likeness (QED) is 0.215. The molecular formula is C32H24N2O6. The van der Waals surface area contributed by atoms with Crippen molar-refractivity contribution in [3.8, 4) is 34.0 Å². The highest BCUT2D eigenvalue weighted by Gasteiger charge is 2.19. The molecule has 4 aromatic carbocycles. The van der Waals surface area contributed by atoms with Gasteiger partial charge in [-0.15, -0.1) is 0 Å². The molecule has 0 fully saturated rings. The molecule has 6 rings (SSSR count). The Morgan fingerprint density at radius 2 is 1.00 bits per heavy atom. The van der Waals surface area contributed by atoms with Gasteiger partial charge in [-0.3, -0.25) is 0 Å². The van der Waals surface area contributed by atoms with E-state index in [1.807, 2.05) is 38.1 Å². The number of aromatic nitrogens is 2. The van der Waals surface area contributed by atoms with E-state index in [1.54, 1.807) is 36.4 Å². The van der Waals surface area contributed by atoms with Gasteiger partial charge in [-0.05, 0) is 84.6 Å². The minimum absolute atomic E-state index is 0.399. The van der Waals surface area contributed by atoms with Crippen molar-refractivity contribution in [1.29, 1.82) is 0 Å². The molecule has 0 radical (unpaired) electrons. The SMILES string of the molecule is COC(=O)c1ccc2nc(-c3cccc(-c4cccc(-c5nc6ccc(C(=O)OC)cc6o5)c4C)c3C)oc2c1. The third-order valence-corrected chi connectivity index (χ3v) is 7.04. The van der Waals surface area contributed by atoms with Gasteiger partial charge in [-0.1, -0.05) is 24.3 Å². The van der Waals surface area contributed by atoms with Crippen LogP contribution in [0.3, 0.4) is 0 Å². The highest BCUT2D eigenvalue weighted by Crippen LogP contribution is 2.38. The molecule has 40 heavy (non-hydrogen) atoms. The lowest BCUT2D eigenvalue weighted by Crippen LogP contribution is -2.00. The van der Waals surface area contributed by atoms with Gasteiger partial charge >= 0.3 is 11.9 Å². The second-order valence-electron chi connectivity index (χ2n) is 9.34. The summed E-state index contributed by atoms with van der Waals surface area (Å²) in [6, 6.07) is 22.1. The van der Waals surface area contributed by atoms with E-state index in [1.165, 1.54) is 14.2 Å². The monoisotopic (exact) mass is 532 g/mol. The first-order valence-electron chi connectivity index (χ1n) is 12.6. The first-order valence-corrected chi connectivity index (χ1v) is 12.6. The van der Waals surface area contributed by atoms with Gasteiger partial charge in [0.15, 0.2) is 11.2 Å². The van der Waals surface area contributed by atoms with E-state index in [4.69, 9.17) is 18.3 Å². The second-order valence-corrected chi connectivity index (χ2v) is 9.34. The molecule has 2 heterocycles. The molecule has 0 amide bonds. The Kier molecular flexibility index (Phi) is 6.15. The first-order chi connectivity index (χ1) is 19.4. The van der Waals surface area contributed by atoms with Crippen molar-refractivity contribution in [3.05, 3.63) is 95.1 Å². The molecule has 0 aliphatic rings. The summed E-state index contributed by atoms with van der Waals surface area (Å²) in [6.45, 7) is 4.05. The van der Waals surface area contributed by atoms with Crippen molar-refractivity contribution in [3.63, 3.8) is 0 Å². The van der Waals surface area contributed by atoms with Crippen LogP contribution in [0.15, 0.2) is 81.6 Å². The number of carbonyl (C=O) groups is 2. The largest absolute Gasteiger partial charge is 0.465 e. The Morgan fingerprint density at radius 1 is 0.600 bits per heavy atom. The Balaban J connectivity index is 1.41. The maximum atomic E-state index is 11.9. The number of esters is 2. The number of rotatable bonds is 5. The predicted molar refractivity (Wildman–Crippen MR) is 150 cm³/mol. The van der Waals surface area contributed by atoms with Crippen LogP contribution in [0.2, 0.25) is 0 Å². The van der Waals surface area contributed by atoms with Crippen molar-refractivity contribution in [2.45, 2.75) is 13.8 Å². The van der Waals surface area contributed by atoms with Gasteiger partial charge in [0.05, 0.1) is 25.3 Å². The summed E-state index contributed by atoms with van der Waals surface area (Å²) >= 11 is 0. The lowest BCUT2D eigenvalue weighted by atomic mass is 9.91. The molecular weight excluding hydrogens is 508 g/mol. The van der Waals surface area contributed by atoms with Gasteiger partial charge in [0, 0.05) is 11.1 Å². The van der Waals surface area contributed by atoms with Gasteiger partial charge in [0.2, 0.25) is 11.8 Å². The number of oxazole rings is 2. The Labute approximate surface area is 229 Å². The minimum atomic E-state index is -0.434. The summed E-state index contributed by atoms with van der Waals surface area (Å²) < 4.78 is 21.8. The average Bonchev–Trinajstić information content (AvgIpc) is 3.60. The fourth-order valence-electron chi connectivity index (χ4n) is 4.89. The average molecular weight is 533 g/mol. The van der Waals surface area contributed by atoms with Gasteiger partial charge in [0.1, 0.15) is 11.0 Å². The highest BCUT2D eigenvalue weighted by molar-refractivity contribution is 5.94. The second kappa shape index (κ2) is 9.81. The number of nitrogens with zero attached hydrogens (tertiary/aromatic N) is 2. The Bertz CT molecular complexity index is 1810. The molecule has 0 atom stereocenters. The fourth-order valence-corrected chi connectivity index (χ4v) is 4.89. The molecule has 6 aromatic rings. The smallest absolute Gasteiger partial charge is 0.337 e. The van der Waals surface area contributed by atoms with Crippen LogP contribution in [0.5, 0.6) is 0 Å². The number of hydrogen-bond acceptors (Lipinski definition) is 8. The molecule has 0 spiro atoms. The van der Waals surface area contributed by atoms with E-state index >= 15 is 0 Å². The van der Waals surface area contributed by atoms with Crippen molar-refractivity contribution >= 4 is 34.1 Å². The van der Waals surface area contributed by atoms with E-state index in [-0.39, 0.29) is 0 Å². The summed E-state index contributed by atoms with van der Waals surface area (Å²) in [5.41, 5.74) is 8.80. The fraction of sp³-hybridized carbons (Fsp3) is 0.125. The number of methoxy groups -OCH3 is 2. The van der Waals surface area contributed by atoms with Gasteiger partial charge < -0.3 is 18.3 Å². The van der Waals surface area contributed by atoms with E-state index < -0.39 is 11.9 Å². The lowest BCUT2D eigenvalue weighted by Gasteiger charge is -2.14. The van der Waals surface area contributed by atoms with Crippen LogP contribution in [-0.4, -0.2) is 36.1 Å². The van der Waals surface area contributed by atoms with Crippen molar-refractivity contribution < 1.29 is 27.9 Å². The standard InChI is InChI=1S/C32H24N2O6/c1-17-21(7-5-9-23(17)29-33-25-13-11-19(31(35)37-3)15-27(25)39-29)22-8-6-10-24(18(22)2)30-34-26-14-12-20(32(36)38-4)16-28(26)40-30/h5-16H,1-4H3. The van der Waals surface area contributed by atoms with Crippen LogP contribution in [0.25, 0.3) is 56.2 Å². The Morgan fingerprint density at radius 3 is 1.40 bits per heavy atom.